The maximum atomic E-state index is 5.52. The molecular formula is C16H18N6O2. The molecule has 0 spiro atoms. The van der Waals surface area contributed by atoms with Gasteiger partial charge in [0, 0.05) is 30.2 Å². The smallest absolute Gasteiger partial charge is 0.244 e. The summed E-state index contributed by atoms with van der Waals surface area (Å²) in [6.45, 7) is 1.74. The summed E-state index contributed by atoms with van der Waals surface area (Å²) in [5.41, 5.74) is 0.807. The Morgan fingerprint density at radius 3 is 3.08 bits per heavy atom. The summed E-state index contributed by atoms with van der Waals surface area (Å²) >= 11 is 0. The fourth-order valence-corrected chi connectivity index (χ4v) is 2.99. The topological polar surface area (TPSA) is 93.0 Å². The number of nitrogens with zero attached hydrogens (tertiary/aromatic N) is 5. The third-order valence-corrected chi connectivity index (χ3v) is 4.20. The van der Waals surface area contributed by atoms with Gasteiger partial charge in [0.2, 0.25) is 17.6 Å². The molecule has 4 rings (SSSR count). The van der Waals surface area contributed by atoms with E-state index >= 15 is 0 Å². The van der Waals surface area contributed by atoms with Crippen LogP contribution in [0.2, 0.25) is 0 Å². The van der Waals surface area contributed by atoms with Crippen molar-refractivity contribution < 1.29 is 9.26 Å². The maximum Gasteiger partial charge on any atom is 0.244 e. The molecule has 0 saturated carbocycles. The number of aromatic nitrogens is 5. The second-order valence-corrected chi connectivity index (χ2v) is 5.71. The first-order valence-electron chi connectivity index (χ1n) is 7.90. The van der Waals surface area contributed by atoms with Crippen LogP contribution in [0.4, 0.5) is 0 Å². The number of methoxy groups -OCH3 is 1. The molecule has 1 fully saturated rings. The predicted molar refractivity (Wildman–Crippen MR) is 85.1 cm³/mol. The SMILES string of the molecule is COc1ccc(-c2noc([C@@H]3CCCN3Cc3ncc[nH]3)n2)cn1. The van der Waals surface area contributed by atoms with Crippen molar-refractivity contribution in [3.63, 3.8) is 0 Å². The molecule has 1 saturated heterocycles. The Morgan fingerprint density at radius 1 is 1.38 bits per heavy atom. The summed E-state index contributed by atoms with van der Waals surface area (Å²) in [6.07, 6.45) is 7.39. The second kappa shape index (κ2) is 6.40. The highest BCUT2D eigenvalue weighted by Crippen LogP contribution is 2.32. The van der Waals surface area contributed by atoms with Gasteiger partial charge in [0.25, 0.3) is 0 Å². The highest BCUT2D eigenvalue weighted by Gasteiger charge is 2.31. The molecule has 0 amide bonds. The zero-order valence-electron chi connectivity index (χ0n) is 13.3. The molecule has 1 N–H and O–H groups in total. The average molecular weight is 326 g/mol. The number of likely N-dealkylation sites (tertiary alicyclic amines) is 1. The van der Waals surface area contributed by atoms with E-state index < -0.39 is 0 Å². The van der Waals surface area contributed by atoms with Crippen LogP contribution >= 0.6 is 0 Å². The van der Waals surface area contributed by atoms with Gasteiger partial charge in [-0.05, 0) is 25.5 Å². The van der Waals surface area contributed by atoms with Crippen LogP contribution in [0.25, 0.3) is 11.4 Å². The minimum Gasteiger partial charge on any atom is -0.481 e. The Balaban J connectivity index is 1.52. The minimum atomic E-state index is 0.127. The van der Waals surface area contributed by atoms with Gasteiger partial charge in [-0.2, -0.15) is 4.98 Å². The van der Waals surface area contributed by atoms with Crippen LogP contribution in [-0.4, -0.2) is 43.6 Å². The van der Waals surface area contributed by atoms with Gasteiger partial charge in [-0.25, -0.2) is 9.97 Å². The van der Waals surface area contributed by atoms with E-state index in [4.69, 9.17) is 9.26 Å². The van der Waals surface area contributed by atoms with Crippen molar-refractivity contribution in [3.05, 3.63) is 42.4 Å². The van der Waals surface area contributed by atoms with E-state index in [0.29, 0.717) is 17.6 Å². The van der Waals surface area contributed by atoms with Crippen molar-refractivity contribution in [3.8, 4) is 17.3 Å². The van der Waals surface area contributed by atoms with Crippen molar-refractivity contribution in [2.45, 2.75) is 25.4 Å². The zero-order valence-corrected chi connectivity index (χ0v) is 13.3. The summed E-state index contributed by atoms with van der Waals surface area (Å²) < 4.78 is 10.6. The molecule has 4 heterocycles. The average Bonchev–Trinajstić information content (AvgIpc) is 3.37. The largest absolute Gasteiger partial charge is 0.481 e. The number of nitrogens with one attached hydrogen (secondary N) is 1. The summed E-state index contributed by atoms with van der Waals surface area (Å²) in [5, 5.41) is 4.10. The van der Waals surface area contributed by atoms with Crippen LogP contribution in [0.15, 0.2) is 35.2 Å². The molecule has 0 radical (unpaired) electrons. The first kappa shape index (κ1) is 14.8. The molecule has 0 unspecified atom stereocenters. The van der Waals surface area contributed by atoms with E-state index in [1.807, 2.05) is 12.3 Å². The molecule has 0 aliphatic carbocycles. The normalized spacial score (nSPS) is 18.1. The lowest BCUT2D eigenvalue weighted by Gasteiger charge is -2.19. The van der Waals surface area contributed by atoms with E-state index in [-0.39, 0.29) is 6.04 Å². The van der Waals surface area contributed by atoms with Gasteiger partial charge in [0.05, 0.1) is 19.7 Å². The van der Waals surface area contributed by atoms with Crippen LogP contribution in [0, 0.1) is 0 Å². The number of ether oxygens (including phenoxy) is 1. The molecular weight excluding hydrogens is 308 g/mol. The van der Waals surface area contributed by atoms with E-state index in [0.717, 1.165) is 37.3 Å². The van der Waals surface area contributed by atoms with Crippen molar-refractivity contribution in [1.82, 2.24) is 30.0 Å². The molecule has 0 bridgehead atoms. The van der Waals surface area contributed by atoms with Crippen LogP contribution in [0.3, 0.4) is 0 Å². The van der Waals surface area contributed by atoms with E-state index in [1.165, 1.54) is 0 Å². The Hall–Kier alpha value is -2.74. The van der Waals surface area contributed by atoms with Gasteiger partial charge in [-0.3, -0.25) is 4.90 Å². The molecule has 8 nitrogen and oxygen atoms in total. The summed E-state index contributed by atoms with van der Waals surface area (Å²) in [4.78, 5) is 18.5. The fraction of sp³-hybridized carbons (Fsp3) is 0.375. The number of rotatable bonds is 5. The van der Waals surface area contributed by atoms with Crippen LogP contribution in [0.1, 0.15) is 30.6 Å². The van der Waals surface area contributed by atoms with Gasteiger partial charge in [-0.15, -0.1) is 0 Å². The molecule has 0 aromatic carbocycles. The van der Waals surface area contributed by atoms with Crippen LogP contribution in [0.5, 0.6) is 5.88 Å². The van der Waals surface area contributed by atoms with Gasteiger partial charge >= 0.3 is 0 Å². The Labute approximate surface area is 138 Å². The summed E-state index contributed by atoms with van der Waals surface area (Å²) in [7, 11) is 1.59. The third-order valence-electron chi connectivity index (χ3n) is 4.20. The molecule has 24 heavy (non-hydrogen) atoms. The van der Waals surface area contributed by atoms with Gasteiger partial charge < -0.3 is 14.2 Å². The standard InChI is InChI=1S/C16H18N6O2/c1-23-14-5-4-11(9-19-14)15-20-16(24-21-15)12-3-2-8-22(12)10-13-17-6-7-18-13/h4-7,9,12H,2-3,8,10H2,1H3,(H,17,18)/t12-/m0/s1. The number of hydrogen-bond acceptors (Lipinski definition) is 7. The number of H-pyrrole nitrogens is 1. The molecule has 124 valence electrons. The molecule has 3 aromatic rings. The summed E-state index contributed by atoms with van der Waals surface area (Å²) in [5.74, 6) is 2.69. The van der Waals surface area contributed by atoms with Crippen molar-refractivity contribution in [1.29, 1.82) is 0 Å². The van der Waals surface area contributed by atoms with E-state index in [2.05, 4.69) is 30.0 Å². The van der Waals surface area contributed by atoms with Gasteiger partial charge in [-0.1, -0.05) is 5.16 Å². The highest BCUT2D eigenvalue weighted by molar-refractivity contribution is 5.53. The monoisotopic (exact) mass is 326 g/mol. The second-order valence-electron chi connectivity index (χ2n) is 5.71. The van der Waals surface area contributed by atoms with Crippen molar-refractivity contribution in [2.75, 3.05) is 13.7 Å². The van der Waals surface area contributed by atoms with Crippen LogP contribution in [-0.2, 0) is 6.54 Å². The quantitative estimate of drug-likeness (QED) is 0.768. The zero-order chi connectivity index (χ0) is 16.4. The maximum absolute atomic E-state index is 5.52. The van der Waals surface area contributed by atoms with E-state index in [1.54, 1.807) is 25.6 Å². The Kier molecular flexibility index (Phi) is 3.96. The molecule has 1 atom stereocenters. The lowest BCUT2D eigenvalue weighted by molar-refractivity contribution is 0.197. The summed E-state index contributed by atoms with van der Waals surface area (Å²) in [6, 6.07) is 3.78. The fourth-order valence-electron chi connectivity index (χ4n) is 2.99. The van der Waals surface area contributed by atoms with Crippen molar-refractivity contribution >= 4 is 0 Å². The first-order chi connectivity index (χ1) is 11.8. The number of pyridine rings is 1. The lowest BCUT2D eigenvalue weighted by Crippen LogP contribution is -2.23. The first-order valence-corrected chi connectivity index (χ1v) is 7.90. The lowest BCUT2D eigenvalue weighted by atomic mass is 10.2. The third kappa shape index (κ3) is 2.88. The molecule has 8 heteroatoms. The van der Waals surface area contributed by atoms with Gasteiger partial charge in [0.15, 0.2) is 0 Å². The number of imidazole rings is 1. The molecule has 1 aliphatic rings. The van der Waals surface area contributed by atoms with Gasteiger partial charge in [0.1, 0.15) is 5.82 Å². The predicted octanol–water partition coefficient (Wildman–Crippen LogP) is 2.20. The minimum absolute atomic E-state index is 0.127. The molecule has 3 aromatic heterocycles. The highest BCUT2D eigenvalue weighted by atomic mass is 16.5. The number of hydrogen-bond donors (Lipinski definition) is 1. The van der Waals surface area contributed by atoms with E-state index in [9.17, 15) is 0 Å². The van der Waals surface area contributed by atoms with Crippen molar-refractivity contribution in [2.24, 2.45) is 0 Å². The van der Waals surface area contributed by atoms with Crippen LogP contribution < -0.4 is 4.74 Å². The Morgan fingerprint density at radius 2 is 2.33 bits per heavy atom. The number of aromatic amines is 1. The molecule has 1 aliphatic heterocycles. The Bertz CT molecular complexity index is 783.